The van der Waals surface area contributed by atoms with Gasteiger partial charge in [-0.1, -0.05) is 133 Å². The van der Waals surface area contributed by atoms with Crippen LogP contribution in [0.1, 0.15) is 0 Å². The minimum Gasteiger partial charge on any atom is -0.311 e. The molecule has 0 unspecified atom stereocenters. The largest absolute Gasteiger partial charge is 0.311 e. The van der Waals surface area contributed by atoms with Gasteiger partial charge < -0.3 is 4.90 Å². The summed E-state index contributed by atoms with van der Waals surface area (Å²) in [5.74, 6) is 0. The predicted molar refractivity (Wildman–Crippen MR) is 206 cm³/mol. The predicted octanol–water partition coefficient (Wildman–Crippen LogP) is 13.1. The Bertz CT molecular complexity index is 2520. The molecule has 1 aromatic heterocycles. The van der Waals surface area contributed by atoms with E-state index in [1.165, 1.54) is 48.5 Å². The van der Waals surface area contributed by atoms with Gasteiger partial charge in [0, 0.05) is 28.0 Å². The molecule has 3 heteroatoms. The smallest absolute Gasteiger partial charge is 0.124 e. The second-order valence-corrected chi connectivity index (χ2v) is 13.1. The molecule has 9 rings (SSSR count). The Hall–Kier alpha value is -6.03. The highest BCUT2D eigenvalue weighted by atomic mass is 32.1. The highest BCUT2D eigenvalue weighted by Gasteiger charge is 2.15. The fourth-order valence-corrected chi connectivity index (χ4v) is 7.65. The zero-order valence-corrected chi connectivity index (χ0v) is 26.9. The monoisotopic (exact) mass is 630 g/mol. The van der Waals surface area contributed by atoms with Crippen LogP contribution in [0.15, 0.2) is 182 Å². The van der Waals surface area contributed by atoms with Gasteiger partial charge in [-0.2, -0.15) is 0 Å². The molecule has 0 fully saturated rings. The molecule has 0 bridgehead atoms. The van der Waals surface area contributed by atoms with Crippen molar-refractivity contribution in [2.75, 3.05) is 4.90 Å². The van der Waals surface area contributed by atoms with Gasteiger partial charge in [0.1, 0.15) is 5.01 Å². The molecule has 0 aliphatic carbocycles. The third kappa shape index (κ3) is 5.11. The molecule has 48 heavy (non-hydrogen) atoms. The van der Waals surface area contributed by atoms with E-state index in [1.54, 1.807) is 11.3 Å². The lowest BCUT2D eigenvalue weighted by atomic mass is 9.96. The number of aromatic nitrogens is 1. The summed E-state index contributed by atoms with van der Waals surface area (Å²) in [5.41, 5.74) is 10.4. The van der Waals surface area contributed by atoms with E-state index >= 15 is 0 Å². The Labute approximate surface area is 283 Å². The first kappa shape index (κ1) is 28.2. The van der Waals surface area contributed by atoms with Gasteiger partial charge in [-0.05, 0) is 86.9 Å². The van der Waals surface area contributed by atoms with Crippen LogP contribution in [0.2, 0.25) is 0 Å². The normalized spacial score (nSPS) is 11.3. The zero-order chi connectivity index (χ0) is 31.9. The minimum atomic E-state index is 1.06. The van der Waals surface area contributed by atoms with E-state index in [4.69, 9.17) is 4.98 Å². The van der Waals surface area contributed by atoms with Crippen LogP contribution < -0.4 is 4.90 Å². The number of rotatable bonds is 6. The quantitative estimate of drug-likeness (QED) is 0.170. The molecular formula is C45H30N2S. The van der Waals surface area contributed by atoms with Crippen molar-refractivity contribution >= 4 is 60.2 Å². The van der Waals surface area contributed by atoms with Crippen molar-refractivity contribution in [3.8, 4) is 32.8 Å². The molecule has 1 heterocycles. The number of anilines is 3. The van der Waals surface area contributed by atoms with Crippen LogP contribution in [0.3, 0.4) is 0 Å². The first-order chi connectivity index (χ1) is 23.8. The SMILES string of the molecule is c1ccc(-c2ccc(N(c3ccccc3)c3ccc(-c4ccc5ccc6ccc7sc(-c8ccccc8)nc7c6c5c4)cc3)cc2)cc1. The second-order valence-electron chi connectivity index (χ2n) is 12.0. The van der Waals surface area contributed by atoms with Gasteiger partial charge in [0.25, 0.3) is 0 Å². The van der Waals surface area contributed by atoms with Crippen molar-refractivity contribution in [2.45, 2.75) is 0 Å². The molecular weight excluding hydrogens is 601 g/mol. The van der Waals surface area contributed by atoms with E-state index in [9.17, 15) is 0 Å². The number of para-hydroxylation sites is 1. The molecule has 0 spiro atoms. The van der Waals surface area contributed by atoms with Crippen molar-refractivity contribution < 1.29 is 0 Å². The molecule has 8 aromatic carbocycles. The van der Waals surface area contributed by atoms with Gasteiger partial charge in [-0.15, -0.1) is 11.3 Å². The number of fused-ring (bicyclic) bond motifs is 5. The number of nitrogens with zero attached hydrogens (tertiary/aromatic N) is 2. The summed E-state index contributed by atoms with van der Waals surface area (Å²) in [6.45, 7) is 0. The molecule has 0 aliphatic heterocycles. The Kier molecular flexibility index (Phi) is 7.03. The highest BCUT2D eigenvalue weighted by Crippen LogP contribution is 2.40. The molecule has 0 radical (unpaired) electrons. The van der Waals surface area contributed by atoms with Gasteiger partial charge in [-0.3, -0.25) is 0 Å². The van der Waals surface area contributed by atoms with Crippen molar-refractivity contribution in [1.82, 2.24) is 4.98 Å². The summed E-state index contributed by atoms with van der Waals surface area (Å²) in [6.07, 6.45) is 0. The maximum atomic E-state index is 5.19. The van der Waals surface area contributed by atoms with E-state index in [0.29, 0.717) is 0 Å². The maximum Gasteiger partial charge on any atom is 0.124 e. The lowest BCUT2D eigenvalue weighted by Gasteiger charge is -2.26. The lowest BCUT2D eigenvalue weighted by molar-refractivity contribution is 1.28. The summed E-state index contributed by atoms with van der Waals surface area (Å²) in [6, 6.07) is 65.0. The summed E-state index contributed by atoms with van der Waals surface area (Å²) < 4.78 is 1.21. The third-order valence-corrected chi connectivity index (χ3v) is 10.2. The second kappa shape index (κ2) is 12.0. The summed E-state index contributed by atoms with van der Waals surface area (Å²) in [4.78, 5) is 7.50. The summed E-state index contributed by atoms with van der Waals surface area (Å²) in [5, 5.41) is 5.94. The Morgan fingerprint density at radius 2 is 0.875 bits per heavy atom. The molecule has 0 saturated carbocycles. The van der Waals surface area contributed by atoms with Gasteiger partial charge in [-0.25, -0.2) is 4.98 Å². The molecule has 0 N–H and O–H groups in total. The van der Waals surface area contributed by atoms with E-state index < -0.39 is 0 Å². The van der Waals surface area contributed by atoms with E-state index in [0.717, 1.165) is 33.1 Å². The molecule has 9 aromatic rings. The summed E-state index contributed by atoms with van der Waals surface area (Å²) in [7, 11) is 0. The van der Waals surface area contributed by atoms with Crippen molar-refractivity contribution in [3.63, 3.8) is 0 Å². The third-order valence-electron chi connectivity index (χ3n) is 9.08. The number of thiazole rings is 1. The average molecular weight is 631 g/mol. The van der Waals surface area contributed by atoms with Crippen molar-refractivity contribution in [1.29, 1.82) is 0 Å². The standard InChI is InChI=1S/C45H30N2S/c1-4-10-31(11-5-1)32-20-25-39(26-21-32)47(38-14-8-3-9-15-38)40-27-22-33(23-28-40)37-19-17-34-16-18-35-24-29-42-44(43(35)41(34)30-37)46-45(48-42)36-12-6-2-7-13-36/h1-30H. The first-order valence-electron chi connectivity index (χ1n) is 16.2. The maximum absolute atomic E-state index is 5.19. The van der Waals surface area contributed by atoms with Crippen molar-refractivity contribution in [3.05, 3.63) is 182 Å². The fraction of sp³-hybridized carbons (Fsp3) is 0. The highest BCUT2D eigenvalue weighted by molar-refractivity contribution is 7.21. The summed E-state index contributed by atoms with van der Waals surface area (Å²) >= 11 is 1.76. The fourth-order valence-electron chi connectivity index (χ4n) is 6.67. The van der Waals surface area contributed by atoms with Gasteiger partial charge in [0.15, 0.2) is 0 Å². The molecule has 226 valence electrons. The Morgan fingerprint density at radius 3 is 1.54 bits per heavy atom. The van der Waals surface area contributed by atoms with Crippen LogP contribution in [0, 0.1) is 0 Å². The van der Waals surface area contributed by atoms with Crippen LogP contribution >= 0.6 is 11.3 Å². The van der Waals surface area contributed by atoms with Crippen LogP contribution in [0.4, 0.5) is 17.1 Å². The van der Waals surface area contributed by atoms with Gasteiger partial charge in [0.05, 0.1) is 10.2 Å². The first-order valence-corrected chi connectivity index (χ1v) is 17.0. The molecule has 0 amide bonds. The molecule has 0 saturated heterocycles. The number of benzene rings is 8. The Morgan fingerprint density at radius 1 is 0.396 bits per heavy atom. The van der Waals surface area contributed by atoms with Gasteiger partial charge in [0.2, 0.25) is 0 Å². The van der Waals surface area contributed by atoms with E-state index in [1.807, 2.05) is 0 Å². The van der Waals surface area contributed by atoms with Crippen molar-refractivity contribution in [2.24, 2.45) is 0 Å². The Balaban J connectivity index is 1.11. The molecule has 0 aliphatic rings. The van der Waals surface area contributed by atoms with Crippen LogP contribution in [-0.2, 0) is 0 Å². The minimum absolute atomic E-state index is 1.06. The molecule has 2 nitrogen and oxygen atoms in total. The van der Waals surface area contributed by atoms with Gasteiger partial charge >= 0.3 is 0 Å². The van der Waals surface area contributed by atoms with Crippen LogP contribution in [0.25, 0.3) is 64.6 Å². The number of hydrogen-bond donors (Lipinski definition) is 0. The molecule has 0 atom stereocenters. The van der Waals surface area contributed by atoms with Crippen LogP contribution in [0.5, 0.6) is 0 Å². The lowest BCUT2D eigenvalue weighted by Crippen LogP contribution is -2.09. The zero-order valence-electron chi connectivity index (χ0n) is 26.1. The average Bonchev–Trinajstić information content (AvgIpc) is 3.61. The van der Waals surface area contributed by atoms with Crippen LogP contribution in [-0.4, -0.2) is 4.98 Å². The number of hydrogen-bond acceptors (Lipinski definition) is 3. The topological polar surface area (TPSA) is 16.1 Å². The van der Waals surface area contributed by atoms with E-state index in [-0.39, 0.29) is 0 Å². The van der Waals surface area contributed by atoms with E-state index in [2.05, 4.69) is 187 Å².